The summed E-state index contributed by atoms with van der Waals surface area (Å²) in [5.41, 5.74) is 0.702. The van der Waals surface area contributed by atoms with Crippen LogP contribution in [0.2, 0.25) is 0 Å². The van der Waals surface area contributed by atoms with Crippen LogP contribution >= 0.6 is 15.9 Å². The Morgan fingerprint density at radius 1 is 1.04 bits per heavy atom. The van der Waals surface area contributed by atoms with Crippen molar-refractivity contribution in [2.75, 3.05) is 11.9 Å². The van der Waals surface area contributed by atoms with Gasteiger partial charge in [-0.3, -0.25) is 19.3 Å². The second kappa shape index (κ2) is 5.78. The van der Waals surface area contributed by atoms with Crippen molar-refractivity contribution in [3.8, 4) is 0 Å². The molecule has 0 spiro atoms. The normalized spacial score (nSPS) is 36.1. The molecule has 5 nitrogen and oxygen atoms in total. The predicted molar refractivity (Wildman–Crippen MR) is 98.8 cm³/mol. The Morgan fingerprint density at radius 3 is 2.19 bits per heavy atom. The minimum Gasteiger partial charge on any atom is -0.326 e. The van der Waals surface area contributed by atoms with Crippen LogP contribution in [-0.2, 0) is 14.4 Å². The molecule has 1 heterocycles. The molecule has 0 aromatic heterocycles. The summed E-state index contributed by atoms with van der Waals surface area (Å²) in [5.74, 6) is 0.967. The van der Waals surface area contributed by atoms with E-state index in [-0.39, 0.29) is 54.4 Å². The number of allylic oxidation sites excluding steroid dienone is 2. The van der Waals surface area contributed by atoms with Gasteiger partial charge in [-0.15, -0.1) is 0 Å². The Bertz CT molecular complexity index is 798. The third-order valence-corrected chi connectivity index (χ3v) is 6.97. The van der Waals surface area contributed by atoms with E-state index in [0.717, 1.165) is 10.9 Å². The lowest BCUT2D eigenvalue weighted by atomic mass is 9.63. The summed E-state index contributed by atoms with van der Waals surface area (Å²) in [6, 6.07) is 7.31. The smallest absolute Gasteiger partial charge is 0.233 e. The van der Waals surface area contributed by atoms with Gasteiger partial charge in [0.1, 0.15) is 0 Å². The van der Waals surface area contributed by atoms with Crippen LogP contribution in [0.15, 0.2) is 40.9 Å². The van der Waals surface area contributed by atoms with E-state index in [4.69, 9.17) is 0 Å². The zero-order chi connectivity index (χ0) is 18.0. The molecule has 1 aromatic rings. The molecule has 6 rings (SSSR count). The molecule has 4 aliphatic carbocycles. The van der Waals surface area contributed by atoms with Crippen LogP contribution in [0.1, 0.15) is 12.8 Å². The fourth-order valence-electron chi connectivity index (χ4n) is 5.21. The number of nitrogens with one attached hydrogen (secondary N) is 1. The maximum atomic E-state index is 12.8. The van der Waals surface area contributed by atoms with E-state index in [2.05, 4.69) is 33.4 Å². The first kappa shape index (κ1) is 16.2. The molecule has 2 bridgehead atoms. The summed E-state index contributed by atoms with van der Waals surface area (Å²) in [6.45, 7) is 0.168. The van der Waals surface area contributed by atoms with Gasteiger partial charge in [-0.25, -0.2) is 0 Å². The number of likely N-dealkylation sites (tertiary alicyclic amines) is 1. The molecule has 134 valence electrons. The van der Waals surface area contributed by atoms with Gasteiger partial charge in [-0.1, -0.05) is 28.1 Å². The monoisotopic (exact) mass is 414 g/mol. The molecule has 0 radical (unpaired) electrons. The van der Waals surface area contributed by atoms with Crippen molar-refractivity contribution in [2.45, 2.75) is 12.8 Å². The van der Waals surface area contributed by atoms with Crippen molar-refractivity contribution in [2.24, 2.45) is 35.5 Å². The molecule has 0 unspecified atom stereocenters. The molecule has 1 saturated heterocycles. The minimum atomic E-state index is -0.188. The number of nitrogens with zero attached hydrogens (tertiary/aromatic N) is 1. The van der Waals surface area contributed by atoms with E-state index < -0.39 is 0 Å². The highest BCUT2D eigenvalue weighted by molar-refractivity contribution is 9.10. The van der Waals surface area contributed by atoms with Crippen LogP contribution < -0.4 is 5.32 Å². The van der Waals surface area contributed by atoms with Crippen LogP contribution in [0.25, 0.3) is 0 Å². The Hall–Kier alpha value is -1.95. The predicted octanol–water partition coefficient (Wildman–Crippen LogP) is 2.83. The number of carbonyl (C=O) groups excluding carboxylic acids is 3. The second-order valence-corrected chi connectivity index (χ2v) is 8.70. The van der Waals surface area contributed by atoms with E-state index in [0.29, 0.717) is 17.5 Å². The van der Waals surface area contributed by atoms with Crippen LogP contribution in [0, 0.1) is 35.5 Å². The molecule has 6 atom stereocenters. The van der Waals surface area contributed by atoms with E-state index in [1.807, 2.05) is 12.1 Å². The van der Waals surface area contributed by atoms with Gasteiger partial charge in [0.15, 0.2) is 0 Å². The van der Waals surface area contributed by atoms with Gasteiger partial charge in [-0.05, 0) is 54.4 Å². The SMILES string of the molecule is O=C(CCN1C(=O)[C@@H]2[C@H]3C=C[C@H]([C@H]4C[C@H]34)[C@@H]2C1=O)Nc1ccc(Br)cc1. The van der Waals surface area contributed by atoms with Gasteiger partial charge in [0.2, 0.25) is 17.7 Å². The number of carbonyl (C=O) groups is 3. The average Bonchev–Trinajstić information content (AvgIpc) is 3.41. The maximum absolute atomic E-state index is 12.8. The molecular formula is C20H19BrN2O3. The van der Waals surface area contributed by atoms with Gasteiger partial charge in [0.25, 0.3) is 0 Å². The minimum absolute atomic E-state index is 0.0684. The molecule has 3 amide bonds. The lowest BCUT2D eigenvalue weighted by molar-refractivity contribution is -0.140. The lowest BCUT2D eigenvalue weighted by Gasteiger charge is -2.37. The van der Waals surface area contributed by atoms with E-state index in [1.54, 1.807) is 12.1 Å². The molecule has 26 heavy (non-hydrogen) atoms. The molecule has 5 aliphatic rings. The lowest BCUT2D eigenvalue weighted by Crippen LogP contribution is -2.40. The molecule has 6 heteroatoms. The molecule has 1 N–H and O–H groups in total. The number of amides is 3. The fourth-order valence-corrected chi connectivity index (χ4v) is 5.47. The second-order valence-electron chi connectivity index (χ2n) is 7.79. The quantitative estimate of drug-likeness (QED) is 0.608. The van der Waals surface area contributed by atoms with E-state index >= 15 is 0 Å². The number of halogens is 1. The Morgan fingerprint density at radius 2 is 1.62 bits per heavy atom. The van der Waals surface area contributed by atoms with Crippen molar-refractivity contribution in [1.29, 1.82) is 0 Å². The number of imide groups is 1. The molecule has 2 saturated carbocycles. The van der Waals surface area contributed by atoms with Crippen molar-refractivity contribution in [1.82, 2.24) is 4.90 Å². The average molecular weight is 415 g/mol. The van der Waals surface area contributed by atoms with Gasteiger partial charge < -0.3 is 5.32 Å². The Kier molecular flexibility index (Phi) is 3.61. The summed E-state index contributed by atoms with van der Waals surface area (Å²) in [4.78, 5) is 39.2. The van der Waals surface area contributed by atoms with Crippen LogP contribution in [0.5, 0.6) is 0 Å². The molecule has 1 aromatic carbocycles. The van der Waals surface area contributed by atoms with E-state index in [9.17, 15) is 14.4 Å². The van der Waals surface area contributed by atoms with Crippen LogP contribution in [0.4, 0.5) is 5.69 Å². The molecule has 1 aliphatic heterocycles. The zero-order valence-electron chi connectivity index (χ0n) is 14.1. The standard InChI is InChI=1S/C20H19BrN2O3/c21-10-1-3-11(4-2-10)22-16(24)7-8-23-19(25)17-12-5-6-13(15-9-14(12)15)18(17)20(23)26/h1-6,12-15,17-18H,7-9H2,(H,22,24)/t12-,13+,14-,15-,17+,18-/m1/s1. The summed E-state index contributed by atoms with van der Waals surface area (Å²) in [5, 5.41) is 2.81. The topological polar surface area (TPSA) is 66.5 Å². The Balaban J connectivity index is 1.24. The number of anilines is 1. The van der Waals surface area contributed by atoms with Gasteiger partial charge in [-0.2, -0.15) is 0 Å². The molecule has 3 fully saturated rings. The highest BCUT2D eigenvalue weighted by Gasteiger charge is 2.66. The van der Waals surface area contributed by atoms with Crippen molar-refractivity contribution in [3.05, 3.63) is 40.9 Å². The number of hydrogen-bond acceptors (Lipinski definition) is 3. The van der Waals surface area contributed by atoms with E-state index in [1.165, 1.54) is 4.90 Å². The third-order valence-electron chi connectivity index (χ3n) is 6.44. The fraction of sp³-hybridized carbons (Fsp3) is 0.450. The highest BCUT2D eigenvalue weighted by atomic mass is 79.9. The third kappa shape index (κ3) is 2.38. The van der Waals surface area contributed by atoms with Gasteiger partial charge in [0.05, 0.1) is 11.8 Å². The number of hydrogen-bond donors (Lipinski definition) is 1. The van der Waals surface area contributed by atoms with Gasteiger partial charge in [0, 0.05) is 23.1 Å². The summed E-state index contributed by atoms with van der Waals surface area (Å²) < 4.78 is 0.938. The first-order valence-electron chi connectivity index (χ1n) is 9.13. The summed E-state index contributed by atoms with van der Waals surface area (Å²) in [7, 11) is 0. The number of rotatable bonds is 4. The summed E-state index contributed by atoms with van der Waals surface area (Å²) in [6.07, 6.45) is 5.61. The van der Waals surface area contributed by atoms with Crippen molar-refractivity contribution in [3.63, 3.8) is 0 Å². The van der Waals surface area contributed by atoms with Crippen molar-refractivity contribution >= 4 is 39.3 Å². The van der Waals surface area contributed by atoms with Crippen LogP contribution in [-0.4, -0.2) is 29.2 Å². The first-order valence-corrected chi connectivity index (χ1v) is 9.93. The molecular weight excluding hydrogens is 396 g/mol. The maximum Gasteiger partial charge on any atom is 0.233 e. The Labute approximate surface area is 159 Å². The summed E-state index contributed by atoms with van der Waals surface area (Å²) >= 11 is 3.35. The van der Waals surface area contributed by atoms with Gasteiger partial charge >= 0.3 is 0 Å². The number of benzene rings is 1. The first-order chi connectivity index (χ1) is 12.5. The van der Waals surface area contributed by atoms with Crippen molar-refractivity contribution < 1.29 is 14.4 Å². The van der Waals surface area contributed by atoms with Crippen LogP contribution in [0.3, 0.4) is 0 Å². The zero-order valence-corrected chi connectivity index (χ0v) is 15.7. The largest absolute Gasteiger partial charge is 0.326 e. The highest BCUT2D eigenvalue weighted by Crippen LogP contribution is 2.65.